The fraction of sp³-hybridized carbons (Fsp3) is 0.286. The van der Waals surface area contributed by atoms with Crippen LogP contribution in [0.2, 0.25) is 20.1 Å². The molecular weight excluding hydrogens is 342 g/mol. The van der Waals surface area contributed by atoms with E-state index in [9.17, 15) is 5.11 Å². The Labute approximate surface area is 137 Å². The van der Waals surface area contributed by atoms with Crippen LogP contribution in [0.4, 0.5) is 0 Å². The molecule has 2 rings (SSSR count). The van der Waals surface area contributed by atoms with Crippen molar-refractivity contribution in [2.24, 2.45) is 0 Å². The molecule has 0 fully saturated rings. The molecule has 2 nitrogen and oxygen atoms in total. The van der Waals surface area contributed by atoms with E-state index >= 15 is 0 Å². The zero-order chi connectivity index (χ0) is 14.7. The van der Waals surface area contributed by atoms with E-state index in [2.05, 4.69) is 12.2 Å². The van der Waals surface area contributed by atoms with Crippen LogP contribution in [-0.4, -0.2) is 11.2 Å². The van der Waals surface area contributed by atoms with E-state index in [1.165, 1.54) is 0 Å². The number of allylic oxidation sites excluding steroid dienone is 3. The van der Waals surface area contributed by atoms with Gasteiger partial charge < -0.3 is 9.84 Å². The van der Waals surface area contributed by atoms with Gasteiger partial charge in [0, 0.05) is 0 Å². The first-order valence-electron chi connectivity index (χ1n) is 6.05. The summed E-state index contributed by atoms with van der Waals surface area (Å²) in [4.78, 5) is 0. The van der Waals surface area contributed by atoms with Crippen LogP contribution in [0.5, 0.6) is 11.5 Å². The van der Waals surface area contributed by atoms with E-state index in [1.807, 2.05) is 12.2 Å². The van der Waals surface area contributed by atoms with Gasteiger partial charge in [0.25, 0.3) is 0 Å². The highest BCUT2D eigenvalue weighted by atomic mass is 35.5. The maximum Gasteiger partial charge on any atom is 0.160 e. The molecule has 6 heteroatoms. The average Bonchev–Trinajstić information content (AvgIpc) is 2.41. The summed E-state index contributed by atoms with van der Waals surface area (Å²) in [6.45, 7) is 0. The van der Waals surface area contributed by atoms with Crippen LogP contribution in [0.3, 0.4) is 0 Å². The zero-order valence-electron chi connectivity index (χ0n) is 10.4. The Hall–Kier alpha value is -0.540. The van der Waals surface area contributed by atoms with Gasteiger partial charge in [-0.25, -0.2) is 0 Å². The number of halogens is 4. The molecule has 1 N–H and O–H groups in total. The number of aromatic hydroxyl groups is 1. The van der Waals surface area contributed by atoms with Crippen molar-refractivity contribution in [3.05, 3.63) is 44.4 Å². The quantitative estimate of drug-likeness (QED) is 0.518. The van der Waals surface area contributed by atoms with Crippen LogP contribution in [0, 0.1) is 0 Å². The largest absolute Gasteiger partial charge is 0.505 e. The van der Waals surface area contributed by atoms with Gasteiger partial charge in [0.2, 0.25) is 0 Å². The summed E-state index contributed by atoms with van der Waals surface area (Å²) in [5.74, 6) is -0.146. The second-order valence-corrected chi connectivity index (χ2v) is 5.81. The molecular formula is C14H12Cl4O2. The summed E-state index contributed by atoms with van der Waals surface area (Å²) in [6, 6.07) is 0. The molecule has 0 heterocycles. The second kappa shape index (κ2) is 6.95. The maximum absolute atomic E-state index is 9.67. The summed E-state index contributed by atoms with van der Waals surface area (Å²) in [7, 11) is 0. The van der Waals surface area contributed by atoms with Gasteiger partial charge in [-0.2, -0.15) is 0 Å². The predicted octanol–water partition coefficient (Wildman–Crippen LogP) is 6.05. The summed E-state index contributed by atoms with van der Waals surface area (Å²) in [6.07, 6.45) is 10.5. The van der Waals surface area contributed by atoms with E-state index in [0.29, 0.717) is 0 Å². The molecule has 0 aliphatic heterocycles. The van der Waals surface area contributed by atoms with Crippen molar-refractivity contribution in [1.82, 2.24) is 0 Å². The van der Waals surface area contributed by atoms with Crippen LogP contribution in [0.1, 0.15) is 19.3 Å². The van der Waals surface area contributed by atoms with Gasteiger partial charge in [-0.05, 0) is 25.3 Å². The fourth-order valence-electron chi connectivity index (χ4n) is 1.83. The Balaban J connectivity index is 2.31. The highest BCUT2D eigenvalue weighted by Gasteiger charge is 2.23. The minimum Gasteiger partial charge on any atom is -0.505 e. The lowest BCUT2D eigenvalue weighted by Gasteiger charge is -2.19. The van der Waals surface area contributed by atoms with Crippen molar-refractivity contribution >= 4 is 46.4 Å². The summed E-state index contributed by atoms with van der Waals surface area (Å²) >= 11 is 23.9. The summed E-state index contributed by atoms with van der Waals surface area (Å²) in [5, 5.41) is 9.66. The topological polar surface area (TPSA) is 29.5 Å². The van der Waals surface area contributed by atoms with E-state index in [4.69, 9.17) is 51.1 Å². The maximum atomic E-state index is 9.67. The van der Waals surface area contributed by atoms with E-state index in [1.54, 1.807) is 0 Å². The minimum atomic E-state index is -0.341. The molecule has 0 aromatic heterocycles. The normalized spacial score (nSPS) is 21.9. The second-order valence-electron chi connectivity index (χ2n) is 4.30. The number of phenols is 1. The van der Waals surface area contributed by atoms with Crippen LogP contribution in [-0.2, 0) is 0 Å². The third-order valence-electron chi connectivity index (χ3n) is 2.88. The van der Waals surface area contributed by atoms with E-state index in [-0.39, 0.29) is 37.7 Å². The van der Waals surface area contributed by atoms with Gasteiger partial charge in [-0.15, -0.1) is 0 Å². The Morgan fingerprint density at radius 1 is 0.950 bits per heavy atom. The van der Waals surface area contributed by atoms with E-state index in [0.717, 1.165) is 19.3 Å². The Bertz CT molecular complexity index is 538. The van der Waals surface area contributed by atoms with Crippen LogP contribution in [0.25, 0.3) is 0 Å². The van der Waals surface area contributed by atoms with Crippen molar-refractivity contribution in [3.8, 4) is 11.5 Å². The third-order valence-corrected chi connectivity index (χ3v) is 4.53. The number of rotatable bonds is 2. The average molecular weight is 354 g/mol. The van der Waals surface area contributed by atoms with Gasteiger partial charge in [-0.1, -0.05) is 64.6 Å². The fourth-order valence-corrected chi connectivity index (χ4v) is 2.75. The molecule has 1 atom stereocenters. The van der Waals surface area contributed by atoms with Crippen LogP contribution < -0.4 is 4.74 Å². The van der Waals surface area contributed by atoms with Gasteiger partial charge in [-0.3, -0.25) is 0 Å². The molecule has 1 aliphatic carbocycles. The number of hydrogen-bond donors (Lipinski definition) is 1. The molecule has 0 saturated heterocycles. The molecule has 108 valence electrons. The Morgan fingerprint density at radius 3 is 2.25 bits per heavy atom. The molecule has 0 radical (unpaired) electrons. The highest BCUT2D eigenvalue weighted by molar-refractivity contribution is 6.50. The molecule has 1 aromatic carbocycles. The predicted molar refractivity (Wildman–Crippen MR) is 84.7 cm³/mol. The summed E-state index contributed by atoms with van der Waals surface area (Å²) < 4.78 is 5.80. The van der Waals surface area contributed by atoms with Gasteiger partial charge in [0.05, 0.1) is 0 Å². The number of ether oxygens (including phenoxy) is 1. The lowest BCUT2D eigenvalue weighted by molar-refractivity contribution is 0.239. The molecule has 0 saturated carbocycles. The number of phenolic OH excluding ortho intramolecular Hbond substituents is 1. The molecule has 0 spiro atoms. The molecule has 0 bridgehead atoms. The molecule has 1 aliphatic rings. The molecule has 1 unspecified atom stereocenters. The highest BCUT2D eigenvalue weighted by Crippen LogP contribution is 2.49. The minimum absolute atomic E-state index is 0.0598. The Kier molecular flexibility index (Phi) is 5.50. The molecule has 20 heavy (non-hydrogen) atoms. The Morgan fingerprint density at radius 2 is 1.60 bits per heavy atom. The third kappa shape index (κ3) is 3.37. The molecule has 0 amide bonds. The van der Waals surface area contributed by atoms with Gasteiger partial charge in [0.15, 0.2) is 11.5 Å². The smallest absolute Gasteiger partial charge is 0.160 e. The van der Waals surface area contributed by atoms with Crippen LogP contribution in [0.15, 0.2) is 24.3 Å². The summed E-state index contributed by atoms with van der Waals surface area (Å²) in [5.41, 5.74) is 0. The standard InChI is InChI=1S/C14H12Cl4O2/c15-9-11(17)14(12(18)10(16)13(9)19)20-8-6-4-2-1-3-5-7-8/h1-2,5,7-8,19H,3-4,6H2/b2-1-,7-5-. The first-order chi connectivity index (χ1) is 9.52. The number of hydrogen-bond acceptors (Lipinski definition) is 2. The number of benzene rings is 1. The van der Waals surface area contributed by atoms with Gasteiger partial charge in [0.1, 0.15) is 26.2 Å². The lowest BCUT2D eigenvalue weighted by Crippen LogP contribution is -2.14. The zero-order valence-corrected chi connectivity index (χ0v) is 13.4. The SMILES string of the molecule is Oc1c(Cl)c(Cl)c(OC2/C=C\C/C=C\CC2)c(Cl)c1Cl. The van der Waals surface area contributed by atoms with Crippen molar-refractivity contribution in [3.63, 3.8) is 0 Å². The van der Waals surface area contributed by atoms with E-state index < -0.39 is 0 Å². The lowest BCUT2D eigenvalue weighted by atomic mass is 10.1. The van der Waals surface area contributed by atoms with Crippen LogP contribution >= 0.6 is 46.4 Å². The van der Waals surface area contributed by atoms with Crippen molar-refractivity contribution < 1.29 is 9.84 Å². The van der Waals surface area contributed by atoms with Gasteiger partial charge >= 0.3 is 0 Å². The van der Waals surface area contributed by atoms with Crippen molar-refractivity contribution in [2.75, 3.05) is 0 Å². The monoisotopic (exact) mass is 352 g/mol. The molecule has 1 aromatic rings. The first kappa shape index (κ1) is 15.8. The first-order valence-corrected chi connectivity index (χ1v) is 7.56. The van der Waals surface area contributed by atoms with Crippen molar-refractivity contribution in [1.29, 1.82) is 0 Å². The van der Waals surface area contributed by atoms with Crippen molar-refractivity contribution in [2.45, 2.75) is 25.4 Å².